The number of benzene rings is 1. The van der Waals surface area contributed by atoms with Gasteiger partial charge in [-0.2, -0.15) is 5.10 Å². The number of urea groups is 1. The van der Waals surface area contributed by atoms with Gasteiger partial charge in [-0.3, -0.25) is 9.58 Å². The summed E-state index contributed by atoms with van der Waals surface area (Å²) in [6.45, 7) is 13.1. The van der Waals surface area contributed by atoms with Crippen molar-refractivity contribution in [2.45, 2.75) is 53.8 Å². The van der Waals surface area contributed by atoms with Gasteiger partial charge < -0.3 is 10.6 Å². The molecular weight excluding hydrogens is 338 g/mol. The van der Waals surface area contributed by atoms with Gasteiger partial charge in [0, 0.05) is 31.9 Å². The lowest BCUT2D eigenvalue weighted by Crippen LogP contribution is -2.28. The smallest absolute Gasteiger partial charge is 0.319 e. The van der Waals surface area contributed by atoms with Crippen molar-refractivity contribution in [2.75, 3.05) is 18.4 Å². The molecular formula is C21H31N5O. The van der Waals surface area contributed by atoms with E-state index in [4.69, 9.17) is 0 Å². The van der Waals surface area contributed by atoms with E-state index in [-0.39, 0.29) is 6.03 Å². The zero-order valence-electron chi connectivity index (χ0n) is 16.9. The topological polar surface area (TPSA) is 62.2 Å². The Balaban J connectivity index is 1.55. The number of carbonyl (C=O) groups is 1. The Kier molecular flexibility index (Phi) is 6.16. The first-order valence-corrected chi connectivity index (χ1v) is 9.81. The molecule has 0 atom stereocenters. The van der Waals surface area contributed by atoms with Crippen LogP contribution in [0.4, 0.5) is 10.5 Å². The first-order valence-electron chi connectivity index (χ1n) is 9.81. The van der Waals surface area contributed by atoms with Crippen molar-refractivity contribution in [3.63, 3.8) is 0 Å². The summed E-state index contributed by atoms with van der Waals surface area (Å²) >= 11 is 0. The molecule has 2 amide bonds. The minimum absolute atomic E-state index is 0.206. The zero-order chi connectivity index (χ0) is 19.4. The largest absolute Gasteiger partial charge is 0.332 e. The third-order valence-electron chi connectivity index (χ3n) is 4.96. The summed E-state index contributed by atoms with van der Waals surface area (Å²) in [6.07, 6.45) is 1.11. The molecule has 0 radical (unpaired) electrons. The van der Waals surface area contributed by atoms with Crippen LogP contribution in [0.5, 0.6) is 0 Å². The molecule has 6 heteroatoms. The first kappa shape index (κ1) is 19.4. The molecule has 0 spiro atoms. The van der Waals surface area contributed by atoms with Gasteiger partial charge in [0.15, 0.2) is 0 Å². The van der Waals surface area contributed by atoms with Gasteiger partial charge in [0.1, 0.15) is 0 Å². The number of nitrogens with one attached hydrogen (secondary N) is 2. The van der Waals surface area contributed by atoms with Crippen LogP contribution in [-0.2, 0) is 19.6 Å². The third kappa shape index (κ3) is 5.32. The molecule has 27 heavy (non-hydrogen) atoms. The third-order valence-corrected chi connectivity index (χ3v) is 4.96. The highest BCUT2D eigenvalue weighted by atomic mass is 16.2. The first-order chi connectivity index (χ1) is 12.9. The lowest BCUT2D eigenvalue weighted by molar-refractivity contribution is 0.239. The van der Waals surface area contributed by atoms with Crippen LogP contribution in [0.3, 0.4) is 0 Å². The Hall–Kier alpha value is -2.34. The maximum Gasteiger partial charge on any atom is 0.319 e. The maximum absolute atomic E-state index is 12.2. The summed E-state index contributed by atoms with van der Waals surface area (Å²) in [5.74, 6) is 0.662. The molecule has 1 aromatic carbocycles. The van der Waals surface area contributed by atoms with Gasteiger partial charge in [0.2, 0.25) is 0 Å². The Morgan fingerprint density at radius 1 is 1.19 bits per heavy atom. The van der Waals surface area contributed by atoms with Crippen molar-refractivity contribution in [1.29, 1.82) is 0 Å². The second kappa shape index (κ2) is 8.57. The van der Waals surface area contributed by atoms with Crippen molar-refractivity contribution in [3.05, 3.63) is 46.8 Å². The van der Waals surface area contributed by atoms with Crippen LogP contribution in [-0.4, -0.2) is 33.8 Å². The summed E-state index contributed by atoms with van der Waals surface area (Å²) in [6, 6.07) is 7.83. The van der Waals surface area contributed by atoms with Gasteiger partial charge in [-0.15, -0.1) is 0 Å². The second-order valence-electron chi connectivity index (χ2n) is 7.94. The van der Waals surface area contributed by atoms with Gasteiger partial charge in [-0.1, -0.05) is 19.9 Å². The lowest BCUT2D eigenvalue weighted by Gasteiger charge is -2.21. The van der Waals surface area contributed by atoms with E-state index in [1.165, 1.54) is 11.3 Å². The van der Waals surface area contributed by atoms with Gasteiger partial charge in [-0.25, -0.2) is 4.79 Å². The highest BCUT2D eigenvalue weighted by Crippen LogP contribution is 2.16. The van der Waals surface area contributed by atoms with E-state index in [9.17, 15) is 4.79 Å². The van der Waals surface area contributed by atoms with Gasteiger partial charge in [0.05, 0.1) is 17.9 Å². The van der Waals surface area contributed by atoms with E-state index >= 15 is 0 Å². The Morgan fingerprint density at radius 2 is 2.00 bits per heavy atom. The number of aryl methyl sites for hydroxylation is 3. The average molecular weight is 370 g/mol. The van der Waals surface area contributed by atoms with Crippen molar-refractivity contribution >= 4 is 11.7 Å². The zero-order valence-corrected chi connectivity index (χ0v) is 16.9. The van der Waals surface area contributed by atoms with E-state index in [0.717, 1.165) is 49.5 Å². The van der Waals surface area contributed by atoms with Crippen LogP contribution >= 0.6 is 0 Å². The highest BCUT2D eigenvalue weighted by Gasteiger charge is 2.17. The van der Waals surface area contributed by atoms with E-state index in [0.29, 0.717) is 12.5 Å². The predicted octanol–water partition coefficient (Wildman–Crippen LogP) is 3.68. The number of hydrogen-bond donors (Lipinski definition) is 2. The molecule has 2 N–H and O–H groups in total. The van der Waals surface area contributed by atoms with Crippen LogP contribution in [0.2, 0.25) is 0 Å². The van der Waals surface area contributed by atoms with Gasteiger partial charge >= 0.3 is 6.03 Å². The molecule has 0 saturated heterocycles. The van der Waals surface area contributed by atoms with E-state index in [1.54, 1.807) is 0 Å². The number of hydrogen-bond acceptors (Lipinski definition) is 3. The normalized spacial score (nSPS) is 14.7. The summed E-state index contributed by atoms with van der Waals surface area (Å²) in [5, 5.41) is 10.5. The van der Waals surface area contributed by atoms with Crippen molar-refractivity contribution in [1.82, 2.24) is 20.0 Å². The minimum Gasteiger partial charge on any atom is -0.332 e. The quantitative estimate of drug-likeness (QED) is 0.845. The number of anilines is 1. The van der Waals surface area contributed by atoms with Crippen molar-refractivity contribution in [3.8, 4) is 0 Å². The minimum atomic E-state index is -0.206. The molecule has 0 bridgehead atoms. The molecule has 1 aliphatic heterocycles. The van der Waals surface area contributed by atoms with Crippen LogP contribution < -0.4 is 10.6 Å². The number of rotatable bonds is 5. The molecule has 6 nitrogen and oxygen atoms in total. The fourth-order valence-electron chi connectivity index (χ4n) is 3.51. The molecule has 146 valence electrons. The Morgan fingerprint density at radius 3 is 2.74 bits per heavy atom. The van der Waals surface area contributed by atoms with E-state index in [2.05, 4.69) is 52.2 Å². The van der Waals surface area contributed by atoms with Crippen LogP contribution in [0.25, 0.3) is 0 Å². The van der Waals surface area contributed by atoms with Gasteiger partial charge in [-0.05, 0) is 55.5 Å². The summed E-state index contributed by atoms with van der Waals surface area (Å²) in [4.78, 5) is 14.7. The number of carbonyl (C=O) groups excluding carboxylic acids is 1. The Labute approximate surface area is 161 Å². The van der Waals surface area contributed by atoms with Gasteiger partial charge in [0.25, 0.3) is 0 Å². The highest BCUT2D eigenvalue weighted by molar-refractivity contribution is 5.89. The van der Waals surface area contributed by atoms with Crippen molar-refractivity contribution < 1.29 is 4.79 Å². The van der Waals surface area contributed by atoms with Crippen LogP contribution in [0, 0.1) is 19.8 Å². The molecule has 1 aliphatic rings. The number of amides is 2. The number of nitrogens with zero attached hydrogens (tertiary/aromatic N) is 3. The van der Waals surface area contributed by atoms with Crippen LogP contribution in [0.15, 0.2) is 24.3 Å². The lowest BCUT2D eigenvalue weighted by atomic mass is 10.1. The fourth-order valence-corrected chi connectivity index (χ4v) is 3.51. The standard InChI is InChI=1S/C21H31N5O/c1-15(2)13-25-8-5-9-26-20(14-25)11-19(24-26)12-22-21(27)23-18-7-6-16(3)17(4)10-18/h6-7,10-11,15H,5,8-9,12-14H2,1-4H3,(H2,22,23,27). The van der Waals surface area contributed by atoms with E-state index in [1.807, 2.05) is 25.1 Å². The SMILES string of the molecule is Cc1ccc(NC(=O)NCc2cc3n(n2)CCCN(CC(C)C)C3)cc1C. The second-order valence-corrected chi connectivity index (χ2v) is 7.94. The monoisotopic (exact) mass is 369 g/mol. The molecule has 0 aliphatic carbocycles. The van der Waals surface area contributed by atoms with Crippen LogP contribution in [0.1, 0.15) is 42.8 Å². The van der Waals surface area contributed by atoms with E-state index < -0.39 is 0 Å². The molecule has 3 rings (SSSR count). The Bertz CT molecular complexity index is 796. The average Bonchev–Trinajstić information content (AvgIpc) is 2.88. The molecule has 0 unspecified atom stereocenters. The molecule has 1 aromatic heterocycles. The molecule has 2 heterocycles. The predicted molar refractivity (Wildman–Crippen MR) is 109 cm³/mol. The number of fused-ring (bicyclic) bond motifs is 1. The summed E-state index contributed by atoms with van der Waals surface area (Å²) < 4.78 is 2.10. The summed E-state index contributed by atoms with van der Waals surface area (Å²) in [7, 11) is 0. The molecule has 0 fully saturated rings. The summed E-state index contributed by atoms with van der Waals surface area (Å²) in [5.41, 5.74) is 5.33. The van der Waals surface area contributed by atoms with Crippen molar-refractivity contribution in [2.24, 2.45) is 5.92 Å². The molecule has 2 aromatic rings. The fraction of sp³-hybridized carbons (Fsp3) is 0.524. The molecule has 0 saturated carbocycles. The maximum atomic E-state index is 12.2. The number of aromatic nitrogens is 2.